The van der Waals surface area contributed by atoms with Gasteiger partial charge < -0.3 is 4.42 Å². The van der Waals surface area contributed by atoms with E-state index < -0.39 is 0 Å². The minimum absolute atomic E-state index is 0.266. The van der Waals surface area contributed by atoms with Gasteiger partial charge in [0.15, 0.2) is 0 Å². The lowest BCUT2D eigenvalue weighted by atomic mass is 10.8. The molecule has 0 aliphatic rings. The summed E-state index contributed by atoms with van der Waals surface area (Å²) >= 11 is 6.89. The molecule has 0 radical (unpaired) electrons. The average molecular weight is 191 g/mol. The average Bonchev–Trinajstić information content (AvgIpc) is 2.48. The number of rotatable bonds is 4. The second-order valence-corrected chi connectivity index (χ2v) is 2.93. The van der Waals surface area contributed by atoms with E-state index in [1.807, 2.05) is 0 Å². The molecular weight excluding hydrogens is 184 g/mol. The van der Waals surface area contributed by atoms with E-state index in [4.69, 9.17) is 16.0 Å². The number of nitrogens with zero attached hydrogens (tertiary/aromatic N) is 2. The lowest BCUT2D eigenvalue weighted by molar-refractivity contribution is 0.426. The summed E-state index contributed by atoms with van der Waals surface area (Å²) in [6, 6.07) is 0. The molecule has 3 nitrogen and oxygen atoms in total. The molecule has 0 bridgehead atoms. The van der Waals surface area contributed by atoms with Crippen LogP contribution in [0.15, 0.2) is 22.3 Å². The lowest BCUT2D eigenvalue weighted by Crippen LogP contribution is -1.74. The molecule has 0 aliphatic carbocycles. The Morgan fingerprint density at radius 3 is 3.00 bits per heavy atom. The summed E-state index contributed by atoms with van der Waals surface area (Å²) in [7, 11) is 0. The first-order valence-electron chi connectivity index (χ1n) is 2.99. The normalized spacial score (nSPS) is 9.91. The maximum atomic E-state index is 5.45. The zero-order valence-electron chi connectivity index (χ0n) is 5.79. The lowest BCUT2D eigenvalue weighted by Gasteiger charge is -1.85. The Labute approximate surface area is 73.8 Å². The number of aromatic nitrogens is 2. The Kier molecular flexibility index (Phi) is 3.45. The van der Waals surface area contributed by atoms with Gasteiger partial charge in [-0.15, -0.1) is 28.4 Å². The van der Waals surface area contributed by atoms with Crippen LogP contribution in [0, 0.1) is 0 Å². The molecule has 0 fully saturated rings. The fourth-order valence-corrected chi connectivity index (χ4v) is 1.10. The first kappa shape index (κ1) is 8.62. The summed E-state index contributed by atoms with van der Waals surface area (Å²) in [6.45, 7) is 3.57. The molecule has 0 unspecified atom stereocenters. The second-order valence-electron chi connectivity index (χ2n) is 1.70. The molecule has 1 aromatic rings. The number of thioether (sulfide) groups is 1. The van der Waals surface area contributed by atoms with Crippen LogP contribution in [-0.2, 0) is 5.88 Å². The van der Waals surface area contributed by atoms with E-state index in [1.165, 1.54) is 11.8 Å². The summed E-state index contributed by atoms with van der Waals surface area (Å²) < 4.78 is 5.10. The molecule has 0 atom stereocenters. The third kappa shape index (κ3) is 2.55. The van der Waals surface area contributed by atoms with E-state index in [-0.39, 0.29) is 5.88 Å². The molecule has 60 valence electrons. The minimum Gasteiger partial charge on any atom is -0.415 e. The summed E-state index contributed by atoms with van der Waals surface area (Å²) in [4.78, 5) is 0. The quantitative estimate of drug-likeness (QED) is 0.414. The molecule has 5 heteroatoms. The van der Waals surface area contributed by atoms with Gasteiger partial charge in [-0.2, -0.15) is 0 Å². The van der Waals surface area contributed by atoms with Gasteiger partial charge >= 0.3 is 0 Å². The molecule has 0 aliphatic heterocycles. The molecule has 11 heavy (non-hydrogen) atoms. The van der Waals surface area contributed by atoms with Crippen molar-refractivity contribution in [1.82, 2.24) is 10.2 Å². The van der Waals surface area contributed by atoms with Crippen LogP contribution in [0.4, 0.5) is 0 Å². The van der Waals surface area contributed by atoms with Crippen molar-refractivity contribution in [2.45, 2.75) is 11.1 Å². The zero-order chi connectivity index (χ0) is 8.10. The predicted octanol–water partition coefficient (Wildman–Crippen LogP) is 2.09. The van der Waals surface area contributed by atoms with Gasteiger partial charge in [0.25, 0.3) is 5.22 Å². The van der Waals surface area contributed by atoms with Gasteiger partial charge in [0, 0.05) is 5.75 Å². The first-order valence-corrected chi connectivity index (χ1v) is 4.51. The number of hydrogen-bond acceptors (Lipinski definition) is 4. The van der Waals surface area contributed by atoms with E-state index in [9.17, 15) is 0 Å². The standard InChI is InChI=1S/C6H7ClN2OS/c1-2-3-11-6-9-8-5(4-7)10-6/h2H,1,3-4H2. The number of alkyl halides is 1. The third-order valence-electron chi connectivity index (χ3n) is 0.887. The van der Waals surface area contributed by atoms with E-state index in [2.05, 4.69) is 16.8 Å². The highest BCUT2D eigenvalue weighted by Crippen LogP contribution is 2.16. The van der Waals surface area contributed by atoms with Gasteiger partial charge in [-0.05, 0) is 0 Å². The number of hydrogen-bond donors (Lipinski definition) is 0. The Morgan fingerprint density at radius 2 is 2.45 bits per heavy atom. The van der Waals surface area contributed by atoms with Crippen LogP contribution in [0.5, 0.6) is 0 Å². The summed E-state index contributed by atoms with van der Waals surface area (Å²) in [6.07, 6.45) is 1.77. The molecule has 0 saturated carbocycles. The first-order chi connectivity index (χ1) is 5.36. The van der Waals surface area contributed by atoms with Crippen LogP contribution in [0.1, 0.15) is 5.89 Å². The Hall–Kier alpha value is -0.480. The fourth-order valence-electron chi connectivity index (χ4n) is 0.481. The van der Waals surface area contributed by atoms with Crippen LogP contribution < -0.4 is 0 Å². The van der Waals surface area contributed by atoms with Crippen LogP contribution in [0.2, 0.25) is 0 Å². The molecule has 0 N–H and O–H groups in total. The molecule has 1 rings (SSSR count). The minimum atomic E-state index is 0.266. The molecule has 0 spiro atoms. The Bertz CT molecular complexity index is 238. The second kappa shape index (κ2) is 4.41. The summed E-state index contributed by atoms with van der Waals surface area (Å²) in [5, 5.41) is 7.96. The van der Waals surface area contributed by atoms with Crippen LogP contribution in [0.25, 0.3) is 0 Å². The highest BCUT2D eigenvalue weighted by Gasteiger charge is 2.02. The van der Waals surface area contributed by atoms with Crippen molar-refractivity contribution in [2.75, 3.05) is 5.75 Å². The Balaban J connectivity index is 2.50. The molecular formula is C6H7ClN2OS. The SMILES string of the molecule is C=CCSc1nnc(CCl)o1. The molecule has 0 saturated heterocycles. The van der Waals surface area contributed by atoms with Crippen molar-refractivity contribution in [2.24, 2.45) is 0 Å². The van der Waals surface area contributed by atoms with E-state index >= 15 is 0 Å². The van der Waals surface area contributed by atoms with Crippen molar-refractivity contribution in [1.29, 1.82) is 0 Å². The van der Waals surface area contributed by atoms with Gasteiger partial charge in [0.2, 0.25) is 5.89 Å². The van der Waals surface area contributed by atoms with Gasteiger partial charge in [-0.1, -0.05) is 17.8 Å². The topological polar surface area (TPSA) is 38.9 Å². The smallest absolute Gasteiger partial charge is 0.276 e. The fraction of sp³-hybridized carbons (Fsp3) is 0.333. The summed E-state index contributed by atoms with van der Waals surface area (Å²) in [5.41, 5.74) is 0. The van der Waals surface area contributed by atoms with Gasteiger partial charge in [-0.3, -0.25) is 0 Å². The van der Waals surface area contributed by atoms with Crippen molar-refractivity contribution < 1.29 is 4.42 Å². The molecule has 0 aromatic carbocycles. The third-order valence-corrected chi connectivity index (χ3v) is 1.93. The maximum Gasteiger partial charge on any atom is 0.276 e. The monoisotopic (exact) mass is 190 g/mol. The molecule has 0 amide bonds. The predicted molar refractivity (Wildman–Crippen MR) is 44.8 cm³/mol. The van der Waals surface area contributed by atoms with Crippen molar-refractivity contribution in [3.05, 3.63) is 18.5 Å². The van der Waals surface area contributed by atoms with Crippen molar-refractivity contribution >= 4 is 23.4 Å². The molecule has 1 heterocycles. The summed E-state index contributed by atoms with van der Waals surface area (Å²) in [5.74, 6) is 1.49. The number of halogens is 1. The van der Waals surface area contributed by atoms with Crippen molar-refractivity contribution in [3.63, 3.8) is 0 Å². The van der Waals surface area contributed by atoms with Gasteiger partial charge in [0.05, 0.1) is 0 Å². The van der Waals surface area contributed by atoms with Crippen molar-refractivity contribution in [3.8, 4) is 0 Å². The van der Waals surface area contributed by atoms with Gasteiger partial charge in [-0.25, -0.2) is 0 Å². The van der Waals surface area contributed by atoms with E-state index in [1.54, 1.807) is 6.08 Å². The van der Waals surface area contributed by atoms with E-state index in [0.29, 0.717) is 11.1 Å². The zero-order valence-corrected chi connectivity index (χ0v) is 7.36. The highest BCUT2D eigenvalue weighted by atomic mass is 35.5. The highest BCUT2D eigenvalue weighted by molar-refractivity contribution is 7.99. The maximum absolute atomic E-state index is 5.45. The van der Waals surface area contributed by atoms with Crippen LogP contribution >= 0.6 is 23.4 Å². The Morgan fingerprint density at radius 1 is 1.64 bits per heavy atom. The van der Waals surface area contributed by atoms with E-state index in [0.717, 1.165) is 5.75 Å². The van der Waals surface area contributed by atoms with Gasteiger partial charge in [0.1, 0.15) is 5.88 Å². The largest absolute Gasteiger partial charge is 0.415 e. The molecule has 1 aromatic heterocycles. The van der Waals surface area contributed by atoms with Crippen LogP contribution in [-0.4, -0.2) is 16.0 Å². The van der Waals surface area contributed by atoms with Crippen LogP contribution in [0.3, 0.4) is 0 Å².